The van der Waals surface area contributed by atoms with Gasteiger partial charge in [-0.25, -0.2) is 18.1 Å². The second kappa shape index (κ2) is 7.99. The van der Waals surface area contributed by atoms with Crippen molar-refractivity contribution in [3.63, 3.8) is 0 Å². The summed E-state index contributed by atoms with van der Waals surface area (Å²) in [6.45, 7) is 3.47. The molecule has 0 radical (unpaired) electrons. The highest BCUT2D eigenvalue weighted by Crippen LogP contribution is 2.25. The lowest BCUT2D eigenvalue weighted by molar-refractivity contribution is 0.102. The fourth-order valence-electron chi connectivity index (χ4n) is 2.42. The normalized spacial score (nSPS) is 11.5. The number of hydrogen-bond acceptors (Lipinski definition) is 5. The molecule has 1 aromatic heterocycles. The molecule has 8 heteroatoms. The second-order valence-corrected chi connectivity index (χ2v) is 8.73. The minimum atomic E-state index is -3.66. The molecule has 0 saturated carbocycles. The van der Waals surface area contributed by atoms with E-state index in [4.69, 9.17) is 0 Å². The summed E-state index contributed by atoms with van der Waals surface area (Å²) in [7, 11) is -3.66. The molecule has 0 aliphatic rings. The highest BCUT2D eigenvalue weighted by Gasteiger charge is 2.18. The molecule has 2 N–H and O–H groups in total. The van der Waals surface area contributed by atoms with Crippen molar-refractivity contribution >= 4 is 32.4 Å². The van der Waals surface area contributed by atoms with Crippen LogP contribution in [0.1, 0.15) is 24.2 Å². The number of aromatic nitrogens is 1. The van der Waals surface area contributed by atoms with E-state index >= 15 is 0 Å². The van der Waals surface area contributed by atoms with Gasteiger partial charge in [0.05, 0.1) is 10.6 Å². The Morgan fingerprint density at radius 2 is 1.81 bits per heavy atom. The van der Waals surface area contributed by atoms with Crippen LogP contribution in [-0.4, -0.2) is 25.4 Å². The van der Waals surface area contributed by atoms with Crippen molar-refractivity contribution < 1.29 is 13.2 Å². The molecule has 0 atom stereocenters. The molecule has 140 valence electrons. The maximum Gasteiger partial charge on any atom is 0.257 e. The Morgan fingerprint density at radius 3 is 2.52 bits per heavy atom. The Kier molecular flexibility index (Phi) is 5.69. The number of carbonyl (C=O) groups excluding carboxylic acids is 1. The average molecular weight is 402 g/mol. The van der Waals surface area contributed by atoms with E-state index in [0.717, 1.165) is 11.3 Å². The SMILES string of the molecule is CC(C)NS(=O)(=O)c1cccc(C(=O)Nc2nc(-c3ccccc3)cs2)c1. The molecule has 0 spiro atoms. The highest BCUT2D eigenvalue weighted by molar-refractivity contribution is 7.89. The number of amides is 1. The second-order valence-electron chi connectivity index (χ2n) is 6.16. The first-order valence-electron chi connectivity index (χ1n) is 8.30. The summed E-state index contributed by atoms with van der Waals surface area (Å²) in [5, 5.41) is 5.03. The third-order valence-electron chi connectivity index (χ3n) is 3.59. The van der Waals surface area contributed by atoms with Crippen molar-refractivity contribution in [2.24, 2.45) is 0 Å². The molecule has 3 aromatic rings. The van der Waals surface area contributed by atoms with Gasteiger partial charge in [0.1, 0.15) is 0 Å². The van der Waals surface area contributed by atoms with E-state index in [1.165, 1.54) is 23.5 Å². The van der Waals surface area contributed by atoms with Gasteiger partial charge >= 0.3 is 0 Å². The standard InChI is InChI=1S/C19H19N3O3S2/c1-13(2)22-27(24,25)16-10-6-9-15(11-16)18(23)21-19-20-17(12-26-19)14-7-4-3-5-8-14/h3-13,22H,1-2H3,(H,20,21,23). The average Bonchev–Trinajstić information content (AvgIpc) is 3.10. The Hall–Kier alpha value is -2.55. The van der Waals surface area contributed by atoms with Gasteiger partial charge < -0.3 is 0 Å². The zero-order chi connectivity index (χ0) is 19.4. The third-order valence-corrected chi connectivity index (χ3v) is 6.01. The van der Waals surface area contributed by atoms with Gasteiger partial charge in [-0.15, -0.1) is 11.3 Å². The lowest BCUT2D eigenvalue weighted by atomic mass is 10.2. The van der Waals surface area contributed by atoms with Crippen LogP contribution in [-0.2, 0) is 10.0 Å². The third kappa shape index (κ3) is 4.79. The number of hydrogen-bond donors (Lipinski definition) is 2. The van der Waals surface area contributed by atoms with Gasteiger partial charge in [-0.2, -0.15) is 0 Å². The van der Waals surface area contributed by atoms with Crippen molar-refractivity contribution in [3.8, 4) is 11.3 Å². The number of carbonyl (C=O) groups is 1. The van der Waals surface area contributed by atoms with Gasteiger partial charge in [-0.05, 0) is 32.0 Å². The van der Waals surface area contributed by atoms with Crippen molar-refractivity contribution in [1.82, 2.24) is 9.71 Å². The van der Waals surface area contributed by atoms with Crippen LogP contribution in [0.25, 0.3) is 11.3 Å². The monoisotopic (exact) mass is 401 g/mol. The zero-order valence-corrected chi connectivity index (χ0v) is 16.5. The first-order chi connectivity index (χ1) is 12.8. The van der Waals surface area contributed by atoms with E-state index in [2.05, 4.69) is 15.0 Å². The molecule has 27 heavy (non-hydrogen) atoms. The molecule has 0 aliphatic heterocycles. The van der Waals surface area contributed by atoms with E-state index in [-0.39, 0.29) is 16.5 Å². The van der Waals surface area contributed by atoms with E-state index < -0.39 is 15.9 Å². The van der Waals surface area contributed by atoms with Crippen LogP contribution in [0.5, 0.6) is 0 Å². The summed E-state index contributed by atoms with van der Waals surface area (Å²) in [4.78, 5) is 17.0. The molecular formula is C19H19N3O3S2. The predicted octanol–water partition coefficient (Wildman–Crippen LogP) is 3.75. The minimum absolute atomic E-state index is 0.0490. The van der Waals surface area contributed by atoms with Gasteiger partial charge in [0.15, 0.2) is 5.13 Å². The summed E-state index contributed by atoms with van der Waals surface area (Å²) in [6.07, 6.45) is 0. The van der Waals surface area contributed by atoms with Gasteiger partial charge in [-0.3, -0.25) is 10.1 Å². The summed E-state index contributed by atoms with van der Waals surface area (Å²) >= 11 is 1.31. The molecule has 0 bridgehead atoms. The number of nitrogens with zero attached hydrogens (tertiary/aromatic N) is 1. The molecular weight excluding hydrogens is 382 g/mol. The van der Waals surface area contributed by atoms with E-state index in [0.29, 0.717) is 5.13 Å². The van der Waals surface area contributed by atoms with E-state index in [9.17, 15) is 13.2 Å². The summed E-state index contributed by atoms with van der Waals surface area (Å²) in [5.41, 5.74) is 1.98. The molecule has 0 unspecified atom stereocenters. The maximum atomic E-state index is 12.5. The minimum Gasteiger partial charge on any atom is -0.298 e. The van der Waals surface area contributed by atoms with Crippen LogP contribution in [0.2, 0.25) is 0 Å². The first-order valence-corrected chi connectivity index (χ1v) is 10.7. The van der Waals surface area contributed by atoms with E-state index in [1.807, 2.05) is 35.7 Å². The molecule has 1 heterocycles. The largest absolute Gasteiger partial charge is 0.298 e. The number of benzene rings is 2. The lowest BCUT2D eigenvalue weighted by Gasteiger charge is -2.10. The Labute approximate surface area is 162 Å². The summed E-state index contributed by atoms with van der Waals surface area (Å²) < 4.78 is 27.1. The van der Waals surface area contributed by atoms with Gasteiger partial charge in [-0.1, -0.05) is 36.4 Å². The van der Waals surface area contributed by atoms with Crippen LogP contribution in [0.3, 0.4) is 0 Å². The van der Waals surface area contributed by atoms with Crippen LogP contribution in [0, 0.1) is 0 Å². The topological polar surface area (TPSA) is 88.2 Å². The van der Waals surface area contributed by atoms with Crippen LogP contribution >= 0.6 is 11.3 Å². The maximum absolute atomic E-state index is 12.5. The number of anilines is 1. The number of nitrogens with one attached hydrogen (secondary N) is 2. The number of sulfonamides is 1. The Bertz CT molecular complexity index is 1040. The Morgan fingerprint density at radius 1 is 1.07 bits per heavy atom. The molecule has 2 aromatic carbocycles. The fraction of sp³-hybridized carbons (Fsp3) is 0.158. The fourth-order valence-corrected chi connectivity index (χ4v) is 4.44. The molecule has 6 nitrogen and oxygen atoms in total. The molecule has 0 saturated heterocycles. The molecule has 0 aliphatic carbocycles. The lowest BCUT2D eigenvalue weighted by Crippen LogP contribution is -2.30. The van der Waals surface area contributed by atoms with Crippen LogP contribution < -0.4 is 10.0 Å². The Balaban J connectivity index is 1.78. The van der Waals surface area contributed by atoms with Crippen LogP contribution in [0.15, 0.2) is 64.9 Å². The number of thiazole rings is 1. The van der Waals surface area contributed by atoms with Crippen molar-refractivity contribution in [3.05, 3.63) is 65.5 Å². The summed E-state index contributed by atoms with van der Waals surface area (Å²) in [6, 6.07) is 15.3. The summed E-state index contributed by atoms with van der Waals surface area (Å²) in [5.74, 6) is -0.412. The van der Waals surface area contributed by atoms with Gasteiger partial charge in [0.25, 0.3) is 5.91 Å². The van der Waals surface area contributed by atoms with E-state index in [1.54, 1.807) is 26.0 Å². The van der Waals surface area contributed by atoms with Crippen LogP contribution in [0.4, 0.5) is 5.13 Å². The molecule has 0 fully saturated rings. The molecule has 1 amide bonds. The number of rotatable bonds is 6. The first kappa shape index (κ1) is 19.2. The predicted molar refractivity (Wildman–Crippen MR) is 107 cm³/mol. The van der Waals surface area contributed by atoms with Gasteiger partial charge in [0.2, 0.25) is 10.0 Å². The molecule has 3 rings (SSSR count). The quantitative estimate of drug-likeness (QED) is 0.658. The van der Waals surface area contributed by atoms with Crippen molar-refractivity contribution in [2.75, 3.05) is 5.32 Å². The smallest absolute Gasteiger partial charge is 0.257 e. The van der Waals surface area contributed by atoms with Crippen molar-refractivity contribution in [2.45, 2.75) is 24.8 Å². The zero-order valence-electron chi connectivity index (χ0n) is 14.8. The van der Waals surface area contributed by atoms with Crippen molar-refractivity contribution in [1.29, 1.82) is 0 Å². The highest BCUT2D eigenvalue weighted by atomic mass is 32.2. The van der Waals surface area contributed by atoms with Gasteiger partial charge in [0, 0.05) is 22.5 Å².